The van der Waals surface area contributed by atoms with E-state index in [1.54, 1.807) is 29.3 Å². The van der Waals surface area contributed by atoms with E-state index < -0.39 is 17.8 Å². The highest BCUT2D eigenvalue weighted by Crippen LogP contribution is 2.30. The van der Waals surface area contributed by atoms with Crippen LogP contribution in [0.4, 0.5) is 13.2 Å². The zero-order valence-electron chi connectivity index (χ0n) is 12.5. The van der Waals surface area contributed by atoms with Gasteiger partial charge in [0.1, 0.15) is 0 Å². The second-order valence-corrected chi connectivity index (χ2v) is 5.27. The number of aromatic nitrogens is 3. The first kappa shape index (κ1) is 16.2. The summed E-state index contributed by atoms with van der Waals surface area (Å²) in [5.74, 6) is 0. The third-order valence-electron chi connectivity index (χ3n) is 3.66. The van der Waals surface area contributed by atoms with Crippen LogP contribution in [-0.2, 0) is 12.7 Å². The molecular formula is C17H14F3N3O. The molecule has 1 aromatic carbocycles. The van der Waals surface area contributed by atoms with Gasteiger partial charge in [-0.25, -0.2) is 0 Å². The Bertz CT molecular complexity index is 798. The predicted molar refractivity (Wildman–Crippen MR) is 81.9 cm³/mol. The normalized spacial score (nSPS) is 13.0. The zero-order chi connectivity index (χ0) is 17.2. The summed E-state index contributed by atoms with van der Waals surface area (Å²) in [6.45, 7) is 0.135. The average Bonchev–Trinajstić information content (AvgIpc) is 3.03. The smallest absolute Gasteiger partial charge is 0.386 e. The summed E-state index contributed by atoms with van der Waals surface area (Å²) in [7, 11) is 0. The van der Waals surface area contributed by atoms with Crippen LogP contribution in [-0.4, -0.2) is 19.9 Å². The number of alkyl halides is 3. The molecule has 0 aliphatic carbocycles. The van der Waals surface area contributed by atoms with Crippen LogP contribution in [0.15, 0.2) is 61.1 Å². The molecule has 0 saturated carbocycles. The van der Waals surface area contributed by atoms with Crippen molar-refractivity contribution in [3.8, 4) is 11.3 Å². The quantitative estimate of drug-likeness (QED) is 0.792. The highest BCUT2D eigenvalue weighted by molar-refractivity contribution is 5.58. The van der Waals surface area contributed by atoms with Gasteiger partial charge in [0.2, 0.25) is 0 Å². The van der Waals surface area contributed by atoms with Crippen molar-refractivity contribution in [2.24, 2.45) is 0 Å². The number of pyridine rings is 1. The molecule has 1 atom stereocenters. The number of nitrogens with zero attached hydrogens (tertiary/aromatic N) is 3. The molecule has 0 radical (unpaired) electrons. The molecule has 7 heteroatoms. The molecule has 2 aromatic heterocycles. The van der Waals surface area contributed by atoms with Crippen molar-refractivity contribution < 1.29 is 18.3 Å². The third-order valence-corrected chi connectivity index (χ3v) is 3.66. The zero-order valence-corrected chi connectivity index (χ0v) is 12.5. The fraction of sp³-hybridized carbons (Fsp3) is 0.176. The first-order valence-corrected chi connectivity index (χ1v) is 7.22. The van der Waals surface area contributed by atoms with Crippen LogP contribution >= 0.6 is 0 Å². The van der Waals surface area contributed by atoms with Gasteiger partial charge in [-0.15, -0.1) is 0 Å². The van der Waals surface area contributed by atoms with Gasteiger partial charge in [-0.05, 0) is 35.9 Å². The molecule has 4 nitrogen and oxygen atoms in total. The molecule has 1 unspecified atom stereocenters. The van der Waals surface area contributed by atoms with Gasteiger partial charge in [-0.1, -0.05) is 12.1 Å². The van der Waals surface area contributed by atoms with Crippen molar-refractivity contribution in [3.63, 3.8) is 0 Å². The molecule has 0 bridgehead atoms. The molecule has 1 N–H and O–H groups in total. The molecule has 0 aliphatic heterocycles. The van der Waals surface area contributed by atoms with Crippen molar-refractivity contribution in [3.05, 3.63) is 72.2 Å². The van der Waals surface area contributed by atoms with Gasteiger partial charge in [-0.2, -0.15) is 18.3 Å². The summed E-state index contributed by atoms with van der Waals surface area (Å²) in [5, 5.41) is 14.5. The average molecular weight is 333 g/mol. The molecule has 0 amide bonds. The number of halogens is 3. The Morgan fingerprint density at radius 3 is 2.25 bits per heavy atom. The Kier molecular flexibility index (Phi) is 4.35. The van der Waals surface area contributed by atoms with Crippen LogP contribution < -0.4 is 0 Å². The van der Waals surface area contributed by atoms with Crippen LogP contribution in [0, 0.1) is 0 Å². The Hall–Kier alpha value is -2.67. The largest absolute Gasteiger partial charge is 0.416 e. The van der Waals surface area contributed by atoms with E-state index in [1.165, 1.54) is 12.1 Å². The summed E-state index contributed by atoms with van der Waals surface area (Å²) >= 11 is 0. The van der Waals surface area contributed by atoms with E-state index >= 15 is 0 Å². The number of benzene rings is 1. The lowest BCUT2D eigenvalue weighted by molar-refractivity contribution is -0.137. The minimum absolute atomic E-state index is 0.135. The van der Waals surface area contributed by atoms with Crippen LogP contribution in [0.5, 0.6) is 0 Å². The molecule has 0 spiro atoms. The monoisotopic (exact) mass is 333 g/mol. The van der Waals surface area contributed by atoms with Gasteiger partial charge in [0.05, 0.1) is 23.9 Å². The molecule has 2 heterocycles. The Labute approximate surface area is 136 Å². The van der Waals surface area contributed by atoms with E-state index in [2.05, 4.69) is 10.1 Å². The molecular weight excluding hydrogens is 319 g/mol. The highest BCUT2D eigenvalue weighted by Gasteiger charge is 2.30. The first-order valence-electron chi connectivity index (χ1n) is 7.22. The number of aliphatic hydroxyl groups excluding tert-OH is 1. The second-order valence-electron chi connectivity index (χ2n) is 5.27. The van der Waals surface area contributed by atoms with Crippen molar-refractivity contribution in [2.75, 3.05) is 0 Å². The topological polar surface area (TPSA) is 50.9 Å². The highest BCUT2D eigenvalue weighted by atomic mass is 19.4. The van der Waals surface area contributed by atoms with Crippen LogP contribution in [0.2, 0.25) is 0 Å². The maximum Gasteiger partial charge on any atom is 0.416 e. The maximum absolute atomic E-state index is 12.6. The van der Waals surface area contributed by atoms with Gasteiger partial charge >= 0.3 is 6.18 Å². The minimum Gasteiger partial charge on any atom is -0.386 e. The lowest BCUT2D eigenvalue weighted by Crippen LogP contribution is -2.12. The van der Waals surface area contributed by atoms with E-state index in [4.69, 9.17) is 0 Å². The van der Waals surface area contributed by atoms with Crippen molar-refractivity contribution >= 4 is 0 Å². The van der Waals surface area contributed by atoms with Gasteiger partial charge in [0.15, 0.2) is 0 Å². The molecule has 3 aromatic rings. The minimum atomic E-state index is -4.39. The van der Waals surface area contributed by atoms with Crippen molar-refractivity contribution in [1.29, 1.82) is 0 Å². The van der Waals surface area contributed by atoms with Crippen molar-refractivity contribution in [1.82, 2.24) is 14.8 Å². The number of rotatable bonds is 4. The fourth-order valence-corrected chi connectivity index (χ4v) is 2.41. The first-order chi connectivity index (χ1) is 11.4. The number of hydrogen-bond acceptors (Lipinski definition) is 3. The number of hydrogen-bond donors (Lipinski definition) is 1. The van der Waals surface area contributed by atoms with E-state index in [0.29, 0.717) is 5.56 Å². The summed E-state index contributed by atoms with van der Waals surface area (Å²) < 4.78 is 39.4. The Morgan fingerprint density at radius 2 is 1.62 bits per heavy atom. The summed E-state index contributed by atoms with van der Waals surface area (Å²) in [6, 6.07) is 9.92. The summed E-state index contributed by atoms with van der Waals surface area (Å²) in [5.41, 5.74) is 1.35. The van der Waals surface area contributed by atoms with E-state index in [9.17, 15) is 18.3 Å². The SMILES string of the molecule is OC(Cn1nccc1-c1ccncc1)c1ccc(C(F)(F)F)cc1. The molecule has 0 fully saturated rings. The van der Waals surface area contributed by atoms with Gasteiger partial charge in [0.25, 0.3) is 0 Å². The molecule has 24 heavy (non-hydrogen) atoms. The molecule has 0 saturated heterocycles. The van der Waals surface area contributed by atoms with Gasteiger partial charge in [0, 0.05) is 24.2 Å². The van der Waals surface area contributed by atoms with Gasteiger partial charge in [-0.3, -0.25) is 9.67 Å². The lowest BCUT2D eigenvalue weighted by atomic mass is 10.1. The number of aliphatic hydroxyl groups is 1. The van der Waals surface area contributed by atoms with Crippen molar-refractivity contribution in [2.45, 2.75) is 18.8 Å². The summed E-state index contributed by atoms with van der Waals surface area (Å²) in [6.07, 6.45) is -0.444. The van der Waals surface area contributed by atoms with E-state index in [-0.39, 0.29) is 6.54 Å². The summed E-state index contributed by atoms with van der Waals surface area (Å²) in [4.78, 5) is 3.95. The standard InChI is InChI=1S/C17H14F3N3O/c18-17(19,20)14-3-1-13(2-4-14)16(24)11-23-15(7-10-22-23)12-5-8-21-9-6-12/h1-10,16,24H,11H2. The third kappa shape index (κ3) is 3.46. The Morgan fingerprint density at radius 1 is 0.958 bits per heavy atom. The second kappa shape index (κ2) is 6.45. The molecule has 124 valence electrons. The van der Waals surface area contributed by atoms with Crippen LogP contribution in [0.3, 0.4) is 0 Å². The van der Waals surface area contributed by atoms with Crippen LogP contribution in [0.1, 0.15) is 17.2 Å². The fourth-order valence-electron chi connectivity index (χ4n) is 2.41. The van der Waals surface area contributed by atoms with Gasteiger partial charge < -0.3 is 5.11 Å². The molecule has 0 aliphatic rings. The maximum atomic E-state index is 12.6. The Balaban J connectivity index is 1.79. The lowest BCUT2D eigenvalue weighted by Gasteiger charge is -2.15. The van der Waals surface area contributed by atoms with E-state index in [0.717, 1.165) is 23.4 Å². The predicted octanol–water partition coefficient (Wildman–Crippen LogP) is 3.70. The van der Waals surface area contributed by atoms with E-state index in [1.807, 2.05) is 12.1 Å². The molecule has 3 rings (SSSR count). The van der Waals surface area contributed by atoms with Crippen LogP contribution in [0.25, 0.3) is 11.3 Å².